The first kappa shape index (κ1) is 12.8. The molecule has 0 aliphatic rings. The van der Waals surface area contributed by atoms with Crippen LogP contribution in [0.5, 0.6) is 5.75 Å². The van der Waals surface area contributed by atoms with Gasteiger partial charge in [-0.15, -0.1) is 11.6 Å². The molecular formula is C14H11ClF2O. The second-order valence-electron chi connectivity index (χ2n) is 3.81. The Kier molecular flexibility index (Phi) is 3.82. The number of alkyl halides is 1. The van der Waals surface area contributed by atoms with Crippen molar-refractivity contribution < 1.29 is 13.5 Å². The molecule has 1 unspecified atom stereocenters. The SMILES string of the molecule is COc1cc(C(Cl)c2ccc(F)cc2)ccc1F. The number of benzene rings is 2. The van der Waals surface area contributed by atoms with Crippen molar-refractivity contribution in [3.8, 4) is 5.75 Å². The maximum atomic E-state index is 13.3. The molecule has 0 aliphatic carbocycles. The molecular weight excluding hydrogens is 258 g/mol. The van der Waals surface area contributed by atoms with E-state index in [-0.39, 0.29) is 11.6 Å². The molecule has 0 saturated carbocycles. The molecule has 0 heterocycles. The van der Waals surface area contributed by atoms with Gasteiger partial charge in [-0.2, -0.15) is 0 Å². The molecule has 0 fully saturated rings. The van der Waals surface area contributed by atoms with Crippen LogP contribution >= 0.6 is 11.6 Å². The van der Waals surface area contributed by atoms with Gasteiger partial charge in [0.25, 0.3) is 0 Å². The minimum absolute atomic E-state index is 0.139. The molecule has 2 aromatic rings. The van der Waals surface area contributed by atoms with Crippen molar-refractivity contribution in [3.63, 3.8) is 0 Å². The van der Waals surface area contributed by atoms with E-state index in [0.29, 0.717) is 5.56 Å². The molecule has 0 bridgehead atoms. The standard InChI is InChI=1S/C14H11ClF2O/c1-18-13-8-10(4-7-12(13)17)14(15)9-2-5-11(16)6-3-9/h2-8,14H,1H3. The molecule has 94 valence electrons. The van der Waals surface area contributed by atoms with Crippen LogP contribution in [0.1, 0.15) is 16.5 Å². The third-order valence-electron chi connectivity index (χ3n) is 2.63. The average Bonchev–Trinajstić information content (AvgIpc) is 2.39. The molecule has 2 aromatic carbocycles. The lowest BCUT2D eigenvalue weighted by Gasteiger charge is -2.12. The van der Waals surface area contributed by atoms with Gasteiger partial charge in [-0.3, -0.25) is 0 Å². The Labute approximate surface area is 109 Å². The summed E-state index contributed by atoms with van der Waals surface area (Å²) in [7, 11) is 1.39. The summed E-state index contributed by atoms with van der Waals surface area (Å²) in [5.41, 5.74) is 1.44. The first-order chi connectivity index (χ1) is 8.61. The highest BCUT2D eigenvalue weighted by Gasteiger charge is 2.13. The summed E-state index contributed by atoms with van der Waals surface area (Å²) in [5, 5.41) is -0.472. The molecule has 4 heteroatoms. The van der Waals surface area contributed by atoms with Gasteiger partial charge in [-0.1, -0.05) is 18.2 Å². The van der Waals surface area contributed by atoms with Crippen molar-refractivity contribution in [1.29, 1.82) is 0 Å². The molecule has 2 rings (SSSR count). The average molecular weight is 269 g/mol. The predicted molar refractivity (Wildman–Crippen MR) is 67.0 cm³/mol. The lowest BCUT2D eigenvalue weighted by atomic mass is 10.0. The molecule has 18 heavy (non-hydrogen) atoms. The van der Waals surface area contributed by atoms with E-state index in [9.17, 15) is 8.78 Å². The second-order valence-corrected chi connectivity index (χ2v) is 4.24. The Morgan fingerprint density at radius 2 is 1.61 bits per heavy atom. The zero-order valence-corrected chi connectivity index (χ0v) is 10.4. The minimum Gasteiger partial charge on any atom is -0.494 e. The summed E-state index contributed by atoms with van der Waals surface area (Å²) in [5.74, 6) is -0.621. The van der Waals surface area contributed by atoms with Crippen LogP contribution in [0.4, 0.5) is 8.78 Å². The minimum atomic E-state index is -0.472. The predicted octanol–water partition coefficient (Wildman–Crippen LogP) is 4.30. The van der Waals surface area contributed by atoms with Crippen LogP contribution < -0.4 is 4.74 Å². The van der Waals surface area contributed by atoms with Crippen LogP contribution in [0, 0.1) is 11.6 Å². The number of ether oxygens (including phenoxy) is 1. The number of hydrogen-bond donors (Lipinski definition) is 0. The van der Waals surface area contributed by atoms with E-state index in [1.807, 2.05) is 0 Å². The maximum absolute atomic E-state index is 13.3. The van der Waals surface area contributed by atoms with Crippen LogP contribution in [-0.4, -0.2) is 7.11 Å². The van der Waals surface area contributed by atoms with E-state index < -0.39 is 11.2 Å². The Morgan fingerprint density at radius 3 is 2.22 bits per heavy atom. The van der Waals surface area contributed by atoms with E-state index in [1.165, 1.54) is 31.4 Å². The fourth-order valence-corrected chi connectivity index (χ4v) is 1.94. The Balaban J connectivity index is 2.33. The highest BCUT2D eigenvalue weighted by Crippen LogP contribution is 2.31. The quantitative estimate of drug-likeness (QED) is 0.754. The van der Waals surface area contributed by atoms with E-state index >= 15 is 0 Å². The summed E-state index contributed by atoms with van der Waals surface area (Å²) >= 11 is 6.26. The highest BCUT2D eigenvalue weighted by molar-refractivity contribution is 6.22. The van der Waals surface area contributed by atoms with Gasteiger partial charge in [-0.05, 0) is 35.4 Å². The van der Waals surface area contributed by atoms with E-state index in [4.69, 9.17) is 16.3 Å². The topological polar surface area (TPSA) is 9.23 Å². The third-order valence-corrected chi connectivity index (χ3v) is 3.13. The molecule has 0 N–H and O–H groups in total. The smallest absolute Gasteiger partial charge is 0.165 e. The Bertz CT molecular complexity index is 540. The van der Waals surface area contributed by atoms with Crippen molar-refractivity contribution in [2.24, 2.45) is 0 Å². The van der Waals surface area contributed by atoms with Crippen LogP contribution in [0.15, 0.2) is 42.5 Å². The van der Waals surface area contributed by atoms with Gasteiger partial charge >= 0.3 is 0 Å². The van der Waals surface area contributed by atoms with Crippen LogP contribution in [0.2, 0.25) is 0 Å². The molecule has 0 amide bonds. The summed E-state index contributed by atoms with van der Waals surface area (Å²) in [4.78, 5) is 0. The molecule has 1 atom stereocenters. The molecule has 0 saturated heterocycles. The molecule has 0 spiro atoms. The first-order valence-corrected chi connectivity index (χ1v) is 5.78. The van der Waals surface area contributed by atoms with Crippen molar-refractivity contribution in [3.05, 3.63) is 65.2 Å². The van der Waals surface area contributed by atoms with Crippen molar-refractivity contribution >= 4 is 11.6 Å². The van der Waals surface area contributed by atoms with Gasteiger partial charge in [0, 0.05) is 0 Å². The van der Waals surface area contributed by atoms with Crippen molar-refractivity contribution in [2.75, 3.05) is 7.11 Å². The number of rotatable bonds is 3. The number of halogens is 3. The normalized spacial score (nSPS) is 12.2. The van der Waals surface area contributed by atoms with E-state index in [1.54, 1.807) is 18.2 Å². The van der Waals surface area contributed by atoms with Crippen LogP contribution in [-0.2, 0) is 0 Å². The maximum Gasteiger partial charge on any atom is 0.165 e. The lowest BCUT2D eigenvalue weighted by molar-refractivity contribution is 0.386. The van der Waals surface area contributed by atoms with Gasteiger partial charge < -0.3 is 4.74 Å². The second kappa shape index (κ2) is 5.36. The highest BCUT2D eigenvalue weighted by atomic mass is 35.5. The van der Waals surface area contributed by atoms with Gasteiger partial charge in [0.1, 0.15) is 5.82 Å². The van der Waals surface area contributed by atoms with Crippen molar-refractivity contribution in [1.82, 2.24) is 0 Å². The summed E-state index contributed by atoms with van der Waals surface area (Å²) in [6.07, 6.45) is 0. The van der Waals surface area contributed by atoms with Gasteiger partial charge in [0.05, 0.1) is 12.5 Å². The zero-order valence-electron chi connectivity index (χ0n) is 9.66. The van der Waals surface area contributed by atoms with Gasteiger partial charge in [0.15, 0.2) is 11.6 Å². The monoisotopic (exact) mass is 268 g/mol. The number of hydrogen-bond acceptors (Lipinski definition) is 1. The molecule has 1 nitrogen and oxygen atoms in total. The molecule has 0 aliphatic heterocycles. The third kappa shape index (κ3) is 2.62. The lowest BCUT2D eigenvalue weighted by Crippen LogP contribution is -1.96. The van der Waals surface area contributed by atoms with E-state index in [0.717, 1.165) is 5.56 Å². The van der Waals surface area contributed by atoms with Crippen LogP contribution in [0.3, 0.4) is 0 Å². The zero-order chi connectivity index (χ0) is 13.1. The molecule has 0 radical (unpaired) electrons. The van der Waals surface area contributed by atoms with Gasteiger partial charge in [0.2, 0.25) is 0 Å². The first-order valence-electron chi connectivity index (χ1n) is 5.35. The van der Waals surface area contributed by atoms with Crippen LogP contribution in [0.25, 0.3) is 0 Å². The van der Waals surface area contributed by atoms with Crippen molar-refractivity contribution in [2.45, 2.75) is 5.38 Å². The molecule has 0 aromatic heterocycles. The summed E-state index contributed by atoms with van der Waals surface area (Å²) in [6.45, 7) is 0. The summed E-state index contributed by atoms with van der Waals surface area (Å²) < 4.78 is 31.0. The Hall–Kier alpha value is -1.61. The largest absolute Gasteiger partial charge is 0.494 e. The Morgan fingerprint density at radius 1 is 1.00 bits per heavy atom. The fraction of sp³-hybridized carbons (Fsp3) is 0.143. The number of methoxy groups -OCH3 is 1. The van der Waals surface area contributed by atoms with Gasteiger partial charge in [-0.25, -0.2) is 8.78 Å². The van der Waals surface area contributed by atoms with E-state index in [2.05, 4.69) is 0 Å². The summed E-state index contributed by atoms with van der Waals surface area (Å²) in [6, 6.07) is 10.3. The fourth-order valence-electron chi connectivity index (χ4n) is 1.66.